The highest BCUT2D eigenvalue weighted by Crippen LogP contribution is 2.23. The zero-order valence-corrected chi connectivity index (χ0v) is 8.89. The van der Waals surface area contributed by atoms with Gasteiger partial charge in [-0.05, 0) is 6.92 Å². The Balaban J connectivity index is 4.97. The van der Waals surface area contributed by atoms with Gasteiger partial charge < -0.3 is 10.2 Å². The van der Waals surface area contributed by atoms with E-state index in [9.17, 15) is 26.4 Å². The number of hydrogen-bond acceptors (Lipinski definition) is 5. The Kier molecular flexibility index (Phi) is 4.31. The summed E-state index contributed by atoms with van der Waals surface area (Å²) in [6, 6.07) is 0. The molecule has 0 aromatic carbocycles. The Bertz CT molecular complexity index is 359. The minimum Gasteiger partial charge on any atom is -0.395 e. The van der Waals surface area contributed by atoms with Crippen molar-refractivity contribution in [1.29, 1.82) is 0 Å². The number of rotatable bonds is 4. The lowest BCUT2D eigenvalue weighted by atomic mass is 9.92. The van der Waals surface area contributed by atoms with Crippen molar-refractivity contribution in [1.82, 2.24) is 4.72 Å². The lowest BCUT2D eigenvalue weighted by Crippen LogP contribution is -2.49. The third-order valence-electron chi connectivity index (χ3n) is 1.78. The van der Waals surface area contributed by atoms with Crippen LogP contribution < -0.4 is 4.72 Å². The number of nitrogens with one attached hydrogen (secondary N) is 1. The second-order valence-corrected chi connectivity index (χ2v) is 4.93. The average molecular weight is 265 g/mol. The molecule has 0 aliphatic carbocycles. The van der Waals surface area contributed by atoms with Crippen LogP contribution in [0, 0.1) is 5.41 Å². The molecule has 0 aromatic heterocycles. The van der Waals surface area contributed by atoms with Crippen molar-refractivity contribution >= 4 is 15.9 Å². The van der Waals surface area contributed by atoms with Gasteiger partial charge in [-0.1, -0.05) is 0 Å². The van der Waals surface area contributed by atoms with Crippen LogP contribution in [0.4, 0.5) is 13.2 Å². The highest BCUT2D eigenvalue weighted by molar-refractivity contribution is 7.90. The molecule has 96 valence electrons. The van der Waals surface area contributed by atoms with Crippen molar-refractivity contribution in [2.24, 2.45) is 5.41 Å². The normalized spacial score (nSPS) is 13.6. The fourth-order valence-electron chi connectivity index (χ4n) is 0.497. The maximum absolute atomic E-state index is 11.9. The summed E-state index contributed by atoms with van der Waals surface area (Å²) in [4.78, 5) is 11.1. The van der Waals surface area contributed by atoms with E-state index in [0.29, 0.717) is 0 Å². The molecular formula is C6H10F3NO5S. The minimum absolute atomic E-state index is 0.727. The highest BCUT2D eigenvalue weighted by Gasteiger charge is 2.49. The lowest BCUT2D eigenvalue weighted by Gasteiger charge is -2.23. The van der Waals surface area contributed by atoms with Gasteiger partial charge in [0, 0.05) is 0 Å². The number of aliphatic hydroxyl groups is 2. The number of amides is 1. The summed E-state index contributed by atoms with van der Waals surface area (Å²) in [6.45, 7) is -1.08. The predicted molar refractivity (Wildman–Crippen MR) is 45.4 cm³/mol. The summed E-state index contributed by atoms with van der Waals surface area (Å²) < 4.78 is 57.4. The van der Waals surface area contributed by atoms with Gasteiger partial charge in [0.05, 0.1) is 18.6 Å². The van der Waals surface area contributed by atoms with Crippen LogP contribution in [0.15, 0.2) is 0 Å². The van der Waals surface area contributed by atoms with Gasteiger partial charge >= 0.3 is 15.5 Å². The van der Waals surface area contributed by atoms with Gasteiger partial charge in [0.15, 0.2) is 0 Å². The molecule has 0 saturated heterocycles. The first-order valence-electron chi connectivity index (χ1n) is 3.85. The van der Waals surface area contributed by atoms with Gasteiger partial charge in [-0.25, -0.2) is 4.72 Å². The third kappa shape index (κ3) is 3.06. The molecule has 3 N–H and O–H groups in total. The van der Waals surface area contributed by atoms with Gasteiger partial charge in [-0.3, -0.25) is 4.79 Å². The molecule has 10 heteroatoms. The number of hydrogen-bond donors (Lipinski definition) is 3. The van der Waals surface area contributed by atoms with Crippen LogP contribution >= 0.6 is 0 Å². The van der Waals surface area contributed by atoms with Gasteiger partial charge in [0.2, 0.25) is 5.91 Å². The van der Waals surface area contributed by atoms with Crippen molar-refractivity contribution in [3.05, 3.63) is 0 Å². The molecule has 0 bridgehead atoms. The standard InChI is InChI=1S/C6H10F3NO5S/c1-5(2-11,3-12)4(13)10-16(14,15)6(7,8)9/h11-12H,2-3H2,1H3,(H,10,13). The van der Waals surface area contributed by atoms with E-state index in [1.54, 1.807) is 0 Å². The molecule has 16 heavy (non-hydrogen) atoms. The van der Waals surface area contributed by atoms with Crippen molar-refractivity contribution in [2.45, 2.75) is 12.4 Å². The van der Waals surface area contributed by atoms with Crippen LogP contribution in [0.2, 0.25) is 0 Å². The van der Waals surface area contributed by atoms with Crippen molar-refractivity contribution in [2.75, 3.05) is 13.2 Å². The van der Waals surface area contributed by atoms with Crippen molar-refractivity contribution < 1.29 is 36.6 Å². The highest BCUT2D eigenvalue weighted by atomic mass is 32.2. The average Bonchev–Trinajstić information content (AvgIpc) is 2.14. The van der Waals surface area contributed by atoms with E-state index in [4.69, 9.17) is 10.2 Å². The van der Waals surface area contributed by atoms with E-state index in [0.717, 1.165) is 11.6 Å². The summed E-state index contributed by atoms with van der Waals surface area (Å²) in [5.74, 6) is -1.63. The zero-order chi connectivity index (χ0) is 13.2. The second kappa shape index (κ2) is 4.55. The van der Waals surface area contributed by atoms with Gasteiger partial charge in [-0.2, -0.15) is 21.6 Å². The van der Waals surface area contributed by atoms with Crippen LogP contribution in [-0.4, -0.2) is 43.3 Å². The number of carbonyl (C=O) groups is 1. The van der Waals surface area contributed by atoms with E-state index in [-0.39, 0.29) is 0 Å². The first-order chi connectivity index (χ1) is 7.00. The van der Waals surface area contributed by atoms with Crippen molar-refractivity contribution in [3.63, 3.8) is 0 Å². The van der Waals surface area contributed by atoms with Gasteiger partial charge in [0.25, 0.3) is 0 Å². The number of sulfonamides is 1. The summed E-state index contributed by atoms with van der Waals surface area (Å²) >= 11 is 0. The van der Waals surface area contributed by atoms with E-state index in [1.165, 1.54) is 0 Å². The quantitative estimate of drug-likeness (QED) is 0.601. The van der Waals surface area contributed by atoms with Gasteiger partial charge in [-0.15, -0.1) is 0 Å². The maximum Gasteiger partial charge on any atom is 0.516 e. The molecule has 0 aromatic rings. The van der Waals surface area contributed by atoms with Crippen LogP contribution in [-0.2, 0) is 14.8 Å². The predicted octanol–water partition coefficient (Wildman–Crippen LogP) is -1.06. The molecule has 0 radical (unpaired) electrons. The Hall–Kier alpha value is -0.870. The smallest absolute Gasteiger partial charge is 0.395 e. The Morgan fingerprint density at radius 1 is 1.25 bits per heavy atom. The molecule has 0 saturated carbocycles. The SMILES string of the molecule is CC(CO)(CO)C(=O)NS(=O)(=O)C(F)(F)F. The molecule has 0 atom stereocenters. The maximum atomic E-state index is 11.9. The molecule has 0 unspecified atom stereocenters. The molecule has 0 aliphatic rings. The van der Waals surface area contributed by atoms with Crippen LogP contribution in [0.5, 0.6) is 0 Å². The molecular weight excluding hydrogens is 255 g/mol. The number of aliphatic hydroxyl groups excluding tert-OH is 2. The Morgan fingerprint density at radius 2 is 1.62 bits per heavy atom. The third-order valence-corrected chi connectivity index (χ3v) is 2.84. The fourth-order valence-corrected chi connectivity index (χ4v) is 1.10. The largest absolute Gasteiger partial charge is 0.516 e. The second-order valence-electron chi connectivity index (χ2n) is 3.26. The molecule has 1 amide bonds. The molecule has 0 heterocycles. The Morgan fingerprint density at radius 3 is 1.88 bits per heavy atom. The lowest BCUT2D eigenvalue weighted by molar-refractivity contribution is -0.133. The summed E-state index contributed by atoms with van der Waals surface area (Å²) in [5, 5.41) is 17.3. The fraction of sp³-hybridized carbons (Fsp3) is 0.833. The number of alkyl halides is 3. The van der Waals surface area contributed by atoms with E-state index in [1.807, 2.05) is 0 Å². The molecule has 0 rings (SSSR count). The topological polar surface area (TPSA) is 104 Å². The first kappa shape index (κ1) is 15.1. The van der Waals surface area contributed by atoms with E-state index in [2.05, 4.69) is 0 Å². The molecule has 0 spiro atoms. The zero-order valence-electron chi connectivity index (χ0n) is 8.08. The van der Waals surface area contributed by atoms with E-state index >= 15 is 0 Å². The number of halogens is 3. The van der Waals surface area contributed by atoms with Gasteiger partial charge in [0.1, 0.15) is 0 Å². The van der Waals surface area contributed by atoms with Crippen LogP contribution in [0.3, 0.4) is 0 Å². The van der Waals surface area contributed by atoms with E-state index < -0.39 is 40.1 Å². The van der Waals surface area contributed by atoms with Crippen LogP contribution in [0.25, 0.3) is 0 Å². The molecule has 6 nitrogen and oxygen atoms in total. The monoisotopic (exact) mass is 265 g/mol. The number of carbonyl (C=O) groups excluding carboxylic acids is 1. The minimum atomic E-state index is -5.82. The molecule has 0 fully saturated rings. The summed E-state index contributed by atoms with van der Waals surface area (Å²) in [7, 11) is -5.82. The van der Waals surface area contributed by atoms with Crippen molar-refractivity contribution in [3.8, 4) is 0 Å². The first-order valence-corrected chi connectivity index (χ1v) is 5.34. The van der Waals surface area contributed by atoms with Crippen LogP contribution in [0.1, 0.15) is 6.92 Å². The summed E-state index contributed by atoms with van der Waals surface area (Å²) in [5.41, 5.74) is -7.63. The molecule has 0 aliphatic heterocycles. The summed E-state index contributed by atoms with van der Waals surface area (Å²) in [6.07, 6.45) is 0. The Labute approximate surface area is 89.1 Å².